The van der Waals surface area contributed by atoms with Gasteiger partial charge in [0.25, 0.3) is 0 Å². The second-order valence-corrected chi connectivity index (χ2v) is 4.52. The van der Waals surface area contributed by atoms with Gasteiger partial charge in [-0.3, -0.25) is 0 Å². The lowest BCUT2D eigenvalue weighted by Gasteiger charge is -2.52. The van der Waals surface area contributed by atoms with Gasteiger partial charge in [-0.15, -0.1) is 0 Å². The van der Waals surface area contributed by atoms with Gasteiger partial charge in [0.1, 0.15) is 0 Å². The third kappa shape index (κ3) is 1.46. The fourth-order valence-electron chi connectivity index (χ4n) is 2.66. The molecule has 3 aliphatic rings. The van der Waals surface area contributed by atoms with Crippen LogP contribution in [0.15, 0.2) is 0 Å². The summed E-state index contributed by atoms with van der Waals surface area (Å²) in [6, 6.07) is 0. The summed E-state index contributed by atoms with van der Waals surface area (Å²) in [7, 11) is 0. The number of morpholine rings is 1. The van der Waals surface area contributed by atoms with Gasteiger partial charge in [-0.25, -0.2) is 10.0 Å². The first-order chi connectivity index (χ1) is 6.88. The van der Waals surface area contributed by atoms with Gasteiger partial charge in [0, 0.05) is 32.8 Å². The minimum Gasteiger partial charge on any atom is -0.379 e. The van der Waals surface area contributed by atoms with Crippen LogP contribution in [0, 0.1) is 0 Å². The molecule has 0 saturated carbocycles. The summed E-state index contributed by atoms with van der Waals surface area (Å²) in [6.45, 7) is 7.04. The van der Waals surface area contributed by atoms with Crippen LogP contribution < -0.4 is 0 Å². The molecule has 0 aromatic rings. The molecule has 0 N–H and O–H groups in total. The molecule has 0 aromatic carbocycles. The van der Waals surface area contributed by atoms with E-state index in [9.17, 15) is 0 Å². The van der Waals surface area contributed by atoms with E-state index in [1.807, 2.05) is 0 Å². The molecule has 0 aromatic heterocycles. The van der Waals surface area contributed by atoms with Gasteiger partial charge in [0.2, 0.25) is 0 Å². The Labute approximate surface area is 84.7 Å². The van der Waals surface area contributed by atoms with E-state index < -0.39 is 0 Å². The van der Waals surface area contributed by atoms with E-state index in [-0.39, 0.29) is 5.60 Å². The summed E-state index contributed by atoms with van der Waals surface area (Å²) >= 11 is 0. The molecule has 3 fully saturated rings. The molecule has 4 heteroatoms. The molecule has 4 nitrogen and oxygen atoms in total. The van der Waals surface area contributed by atoms with Gasteiger partial charge in [-0.1, -0.05) is 0 Å². The van der Waals surface area contributed by atoms with Crippen LogP contribution in [-0.4, -0.2) is 61.6 Å². The van der Waals surface area contributed by atoms with E-state index >= 15 is 0 Å². The van der Waals surface area contributed by atoms with Crippen LogP contribution in [0.25, 0.3) is 0 Å². The number of rotatable bonds is 1. The Hall–Kier alpha value is -0.160. The van der Waals surface area contributed by atoms with E-state index in [1.54, 1.807) is 0 Å². The summed E-state index contributed by atoms with van der Waals surface area (Å²) in [5.74, 6) is 0. The first-order valence-corrected chi connectivity index (χ1v) is 5.60. The van der Waals surface area contributed by atoms with Crippen molar-refractivity contribution in [2.24, 2.45) is 0 Å². The molecule has 14 heavy (non-hydrogen) atoms. The SMILES string of the molecule is C1COC2(C1)CN(N1CCOCC1)C2. The van der Waals surface area contributed by atoms with Gasteiger partial charge in [-0.05, 0) is 12.8 Å². The normalized spacial score (nSPS) is 33.4. The molecule has 80 valence electrons. The fraction of sp³-hybridized carbons (Fsp3) is 1.00. The van der Waals surface area contributed by atoms with Gasteiger partial charge in [0.15, 0.2) is 0 Å². The summed E-state index contributed by atoms with van der Waals surface area (Å²) in [5, 5.41) is 4.84. The van der Waals surface area contributed by atoms with Crippen molar-refractivity contribution in [1.82, 2.24) is 10.0 Å². The maximum absolute atomic E-state index is 5.80. The Morgan fingerprint density at radius 1 is 0.929 bits per heavy atom. The van der Waals surface area contributed by atoms with Crippen LogP contribution in [0.3, 0.4) is 0 Å². The molecule has 0 radical (unpaired) electrons. The van der Waals surface area contributed by atoms with Crippen LogP contribution in [0.1, 0.15) is 12.8 Å². The molecule has 1 spiro atoms. The van der Waals surface area contributed by atoms with E-state index in [1.165, 1.54) is 12.8 Å². The van der Waals surface area contributed by atoms with Gasteiger partial charge in [-0.2, -0.15) is 0 Å². The average molecular weight is 198 g/mol. The Morgan fingerprint density at radius 2 is 1.71 bits per heavy atom. The second-order valence-electron chi connectivity index (χ2n) is 4.52. The molecule has 3 saturated heterocycles. The summed E-state index contributed by atoms with van der Waals surface area (Å²) < 4.78 is 11.1. The van der Waals surface area contributed by atoms with E-state index in [2.05, 4.69) is 10.0 Å². The zero-order chi connectivity index (χ0) is 9.43. The first kappa shape index (κ1) is 9.09. The van der Waals surface area contributed by atoms with Gasteiger partial charge in [0.05, 0.1) is 18.8 Å². The second kappa shape index (κ2) is 3.45. The Kier molecular flexibility index (Phi) is 2.24. The third-order valence-corrected chi connectivity index (χ3v) is 3.51. The zero-order valence-electron chi connectivity index (χ0n) is 8.57. The predicted molar refractivity (Wildman–Crippen MR) is 51.9 cm³/mol. The van der Waals surface area contributed by atoms with Crippen LogP contribution >= 0.6 is 0 Å². The van der Waals surface area contributed by atoms with E-state index in [4.69, 9.17) is 9.47 Å². The largest absolute Gasteiger partial charge is 0.379 e. The summed E-state index contributed by atoms with van der Waals surface area (Å²) in [5.41, 5.74) is 0.234. The maximum atomic E-state index is 5.80. The highest BCUT2D eigenvalue weighted by Crippen LogP contribution is 2.35. The maximum Gasteiger partial charge on any atom is 0.0963 e. The van der Waals surface area contributed by atoms with Crippen molar-refractivity contribution in [2.75, 3.05) is 46.0 Å². The Bertz CT molecular complexity index is 202. The van der Waals surface area contributed by atoms with Gasteiger partial charge < -0.3 is 9.47 Å². The molecule has 3 heterocycles. The quantitative estimate of drug-likeness (QED) is 0.596. The van der Waals surface area contributed by atoms with Crippen molar-refractivity contribution in [3.8, 4) is 0 Å². The summed E-state index contributed by atoms with van der Waals surface area (Å²) in [6.07, 6.45) is 2.50. The lowest BCUT2D eigenvalue weighted by Crippen LogP contribution is -2.68. The minimum absolute atomic E-state index is 0.234. The molecule has 3 aliphatic heterocycles. The molecule has 0 amide bonds. The summed E-state index contributed by atoms with van der Waals surface area (Å²) in [4.78, 5) is 0. The van der Waals surface area contributed by atoms with Crippen LogP contribution in [0.5, 0.6) is 0 Å². The van der Waals surface area contributed by atoms with Crippen molar-refractivity contribution in [3.05, 3.63) is 0 Å². The van der Waals surface area contributed by atoms with Crippen LogP contribution in [0.2, 0.25) is 0 Å². The first-order valence-electron chi connectivity index (χ1n) is 5.60. The number of ether oxygens (including phenoxy) is 2. The third-order valence-electron chi connectivity index (χ3n) is 3.51. The highest BCUT2D eigenvalue weighted by Gasteiger charge is 2.48. The van der Waals surface area contributed by atoms with Crippen molar-refractivity contribution in [3.63, 3.8) is 0 Å². The smallest absolute Gasteiger partial charge is 0.0963 e. The van der Waals surface area contributed by atoms with Crippen molar-refractivity contribution >= 4 is 0 Å². The monoisotopic (exact) mass is 198 g/mol. The molecular formula is C10H18N2O2. The molecule has 0 unspecified atom stereocenters. The molecule has 0 aliphatic carbocycles. The fourth-order valence-corrected chi connectivity index (χ4v) is 2.66. The highest BCUT2D eigenvalue weighted by atomic mass is 16.5. The number of nitrogens with zero attached hydrogens (tertiary/aromatic N) is 2. The van der Waals surface area contributed by atoms with Crippen molar-refractivity contribution in [1.29, 1.82) is 0 Å². The van der Waals surface area contributed by atoms with Crippen LogP contribution in [0.4, 0.5) is 0 Å². The number of hydrogen-bond acceptors (Lipinski definition) is 4. The Morgan fingerprint density at radius 3 is 2.36 bits per heavy atom. The van der Waals surface area contributed by atoms with Crippen molar-refractivity contribution in [2.45, 2.75) is 18.4 Å². The average Bonchev–Trinajstić information content (AvgIpc) is 2.65. The molecule has 0 atom stereocenters. The topological polar surface area (TPSA) is 24.9 Å². The minimum atomic E-state index is 0.234. The lowest BCUT2D eigenvalue weighted by molar-refractivity contribution is -0.213. The van der Waals surface area contributed by atoms with Crippen molar-refractivity contribution < 1.29 is 9.47 Å². The standard InChI is InChI=1S/C10H18N2O2/c1-2-10(14-5-1)8-12(9-10)11-3-6-13-7-4-11/h1-9H2. The highest BCUT2D eigenvalue weighted by molar-refractivity contribution is 4.98. The number of hydrogen-bond donors (Lipinski definition) is 0. The van der Waals surface area contributed by atoms with E-state index in [0.717, 1.165) is 46.0 Å². The predicted octanol–water partition coefficient (Wildman–Crippen LogP) is 0.0984. The number of hydrazine groups is 1. The molecular weight excluding hydrogens is 180 g/mol. The van der Waals surface area contributed by atoms with Crippen LogP contribution in [-0.2, 0) is 9.47 Å². The molecule has 3 rings (SSSR count). The Balaban J connectivity index is 1.52. The zero-order valence-corrected chi connectivity index (χ0v) is 8.57. The lowest BCUT2D eigenvalue weighted by atomic mass is 9.92. The molecule has 0 bridgehead atoms. The van der Waals surface area contributed by atoms with Gasteiger partial charge >= 0.3 is 0 Å². The van der Waals surface area contributed by atoms with E-state index in [0.29, 0.717) is 0 Å².